The van der Waals surface area contributed by atoms with Crippen molar-refractivity contribution in [3.8, 4) is 0 Å². The number of methoxy groups -OCH3 is 2. The van der Waals surface area contributed by atoms with E-state index in [1.165, 1.54) is 32.4 Å². The Balaban J connectivity index is 3.09. The van der Waals surface area contributed by atoms with Crippen LogP contribution in [0.4, 0.5) is 0 Å². The number of rotatable bonds is 6. The van der Waals surface area contributed by atoms with Gasteiger partial charge in [0.25, 0.3) is 11.8 Å². The Morgan fingerprint density at radius 2 is 1.07 bits per heavy atom. The summed E-state index contributed by atoms with van der Waals surface area (Å²) in [6, 6.07) is 4.29. The van der Waals surface area contributed by atoms with Crippen LogP contribution in [-0.4, -0.2) is 50.1 Å². The first-order valence-corrected chi connectivity index (χ1v) is 9.59. The molecule has 0 aromatic heterocycles. The molecule has 0 aliphatic carbocycles. The SMILES string of the molecule is COC(=O)[C@@H](NC(=O)c1cccc(C(=O)N[C@H](C(=O)OC)C(C)(C)C)c1)C(C)(C)C. The van der Waals surface area contributed by atoms with Crippen LogP contribution in [0.3, 0.4) is 0 Å². The average Bonchev–Trinajstić information content (AvgIpc) is 2.66. The van der Waals surface area contributed by atoms with E-state index in [2.05, 4.69) is 10.6 Å². The Labute approximate surface area is 177 Å². The highest BCUT2D eigenvalue weighted by molar-refractivity contribution is 6.01. The molecule has 2 atom stereocenters. The van der Waals surface area contributed by atoms with Crippen molar-refractivity contribution in [1.82, 2.24) is 10.6 Å². The smallest absolute Gasteiger partial charge is 0.328 e. The summed E-state index contributed by atoms with van der Waals surface area (Å²) in [5.74, 6) is -2.16. The van der Waals surface area contributed by atoms with E-state index in [1.54, 1.807) is 47.6 Å². The minimum atomic E-state index is -0.864. The van der Waals surface area contributed by atoms with Crippen LogP contribution in [0.15, 0.2) is 24.3 Å². The fourth-order valence-corrected chi connectivity index (χ4v) is 2.72. The van der Waals surface area contributed by atoms with E-state index in [-0.39, 0.29) is 11.1 Å². The highest BCUT2D eigenvalue weighted by Gasteiger charge is 2.35. The lowest BCUT2D eigenvalue weighted by Gasteiger charge is -2.29. The van der Waals surface area contributed by atoms with Crippen molar-refractivity contribution in [2.45, 2.75) is 53.6 Å². The number of ether oxygens (including phenoxy) is 2. The number of hydrogen-bond donors (Lipinski definition) is 2. The van der Waals surface area contributed by atoms with Gasteiger partial charge in [-0.25, -0.2) is 9.59 Å². The third-order valence-corrected chi connectivity index (χ3v) is 4.54. The molecule has 0 aliphatic heterocycles. The number of hydrogen-bond acceptors (Lipinski definition) is 6. The van der Waals surface area contributed by atoms with Crippen molar-refractivity contribution in [2.75, 3.05) is 14.2 Å². The summed E-state index contributed by atoms with van der Waals surface area (Å²) < 4.78 is 9.57. The molecule has 1 rings (SSSR count). The van der Waals surface area contributed by atoms with Gasteiger partial charge in [0.05, 0.1) is 14.2 Å². The van der Waals surface area contributed by atoms with Gasteiger partial charge in [-0.3, -0.25) is 9.59 Å². The predicted octanol–water partition coefficient (Wildman–Crippen LogP) is 2.32. The number of carbonyl (C=O) groups is 4. The molecule has 30 heavy (non-hydrogen) atoms. The molecule has 8 heteroatoms. The summed E-state index contributed by atoms with van der Waals surface area (Å²) in [5, 5.41) is 5.33. The number of nitrogens with one attached hydrogen (secondary N) is 2. The predicted molar refractivity (Wildman–Crippen MR) is 112 cm³/mol. The van der Waals surface area contributed by atoms with Gasteiger partial charge in [-0.2, -0.15) is 0 Å². The number of amides is 2. The molecule has 2 N–H and O–H groups in total. The lowest BCUT2D eigenvalue weighted by molar-refractivity contribution is -0.146. The van der Waals surface area contributed by atoms with E-state index in [4.69, 9.17) is 9.47 Å². The van der Waals surface area contributed by atoms with Crippen LogP contribution in [0.1, 0.15) is 62.3 Å². The van der Waals surface area contributed by atoms with Crippen LogP contribution in [0.5, 0.6) is 0 Å². The van der Waals surface area contributed by atoms with Crippen LogP contribution < -0.4 is 10.6 Å². The number of esters is 2. The minimum Gasteiger partial charge on any atom is -0.467 e. The van der Waals surface area contributed by atoms with Gasteiger partial charge in [0.2, 0.25) is 0 Å². The normalized spacial score (nSPS) is 13.6. The molecule has 0 saturated heterocycles. The second-order valence-electron chi connectivity index (χ2n) is 9.17. The first-order chi connectivity index (χ1) is 13.7. The van der Waals surface area contributed by atoms with Gasteiger partial charge in [0.1, 0.15) is 12.1 Å². The monoisotopic (exact) mass is 420 g/mol. The van der Waals surface area contributed by atoms with Gasteiger partial charge < -0.3 is 20.1 Å². The fraction of sp³-hybridized carbons (Fsp3) is 0.545. The Bertz CT molecular complexity index is 741. The highest BCUT2D eigenvalue weighted by Crippen LogP contribution is 2.22. The first-order valence-electron chi connectivity index (χ1n) is 9.59. The molecule has 0 unspecified atom stereocenters. The molecule has 8 nitrogen and oxygen atoms in total. The van der Waals surface area contributed by atoms with Gasteiger partial charge in [0.15, 0.2) is 0 Å². The largest absolute Gasteiger partial charge is 0.467 e. The van der Waals surface area contributed by atoms with E-state index in [0.29, 0.717) is 0 Å². The number of carbonyl (C=O) groups excluding carboxylic acids is 4. The van der Waals surface area contributed by atoms with Crippen LogP contribution in [0, 0.1) is 10.8 Å². The van der Waals surface area contributed by atoms with Gasteiger partial charge in [-0.15, -0.1) is 0 Å². The summed E-state index contributed by atoms with van der Waals surface area (Å²) in [6.45, 7) is 10.8. The topological polar surface area (TPSA) is 111 Å². The van der Waals surface area contributed by atoms with Crippen molar-refractivity contribution in [3.63, 3.8) is 0 Å². The van der Waals surface area contributed by atoms with Gasteiger partial charge in [-0.1, -0.05) is 47.6 Å². The molecule has 1 aromatic carbocycles. The summed E-state index contributed by atoms with van der Waals surface area (Å²) in [6.07, 6.45) is 0. The van der Waals surface area contributed by atoms with Crippen LogP contribution in [0.2, 0.25) is 0 Å². The van der Waals surface area contributed by atoms with Crippen LogP contribution >= 0.6 is 0 Å². The molecule has 2 amide bonds. The zero-order valence-corrected chi connectivity index (χ0v) is 18.9. The van der Waals surface area contributed by atoms with Crippen molar-refractivity contribution in [3.05, 3.63) is 35.4 Å². The Kier molecular flexibility index (Phi) is 8.16. The second-order valence-corrected chi connectivity index (χ2v) is 9.17. The van der Waals surface area contributed by atoms with E-state index in [9.17, 15) is 19.2 Å². The standard InChI is InChI=1S/C22H32N2O6/c1-21(2,3)15(19(27)29-7)23-17(25)13-10-9-11-14(12-13)18(26)24-16(20(28)30-8)22(4,5)6/h9-12,15-16H,1-8H3,(H,23,25)(H,24,26)/t15-,16-/m1/s1. The van der Waals surface area contributed by atoms with E-state index in [0.717, 1.165) is 0 Å². The van der Waals surface area contributed by atoms with Gasteiger partial charge in [-0.05, 0) is 29.0 Å². The molecule has 0 fully saturated rings. The van der Waals surface area contributed by atoms with E-state index in [1.807, 2.05) is 0 Å². The zero-order chi connectivity index (χ0) is 23.3. The van der Waals surface area contributed by atoms with Crippen molar-refractivity contribution in [2.24, 2.45) is 10.8 Å². The van der Waals surface area contributed by atoms with E-state index >= 15 is 0 Å². The maximum absolute atomic E-state index is 12.7. The summed E-state index contributed by atoms with van der Waals surface area (Å²) in [7, 11) is 2.51. The molecule has 0 spiro atoms. The highest BCUT2D eigenvalue weighted by atomic mass is 16.5. The molecule has 0 heterocycles. The third kappa shape index (κ3) is 6.57. The molecule has 0 saturated carbocycles. The minimum absolute atomic E-state index is 0.200. The molecule has 1 aromatic rings. The van der Waals surface area contributed by atoms with E-state index < -0.39 is 46.7 Å². The lowest BCUT2D eigenvalue weighted by atomic mass is 9.86. The third-order valence-electron chi connectivity index (χ3n) is 4.54. The molecule has 166 valence electrons. The summed E-state index contributed by atoms with van der Waals surface area (Å²) in [4.78, 5) is 49.5. The van der Waals surface area contributed by atoms with Gasteiger partial charge >= 0.3 is 11.9 Å². The first kappa shape index (κ1) is 25.1. The molecule has 0 bridgehead atoms. The van der Waals surface area contributed by atoms with Crippen molar-refractivity contribution >= 4 is 23.8 Å². The Morgan fingerprint density at radius 3 is 1.33 bits per heavy atom. The van der Waals surface area contributed by atoms with Crippen LogP contribution in [0.25, 0.3) is 0 Å². The summed E-state index contributed by atoms with van der Waals surface area (Å²) in [5.41, 5.74) is -0.742. The zero-order valence-electron chi connectivity index (χ0n) is 18.9. The Hall–Kier alpha value is -2.90. The molecule has 0 aliphatic rings. The molecule has 0 radical (unpaired) electrons. The molecular formula is C22H32N2O6. The van der Waals surface area contributed by atoms with Gasteiger partial charge in [0, 0.05) is 11.1 Å². The second kappa shape index (κ2) is 9.73. The quantitative estimate of drug-likeness (QED) is 0.684. The summed E-state index contributed by atoms with van der Waals surface area (Å²) >= 11 is 0. The number of benzene rings is 1. The lowest BCUT2D eigenvalue weighted by Crippen LogP contribution is -2.50. The van der Waals surface area contributed by atoms with Crippen LogP contribution in [-0.2, 0) is 19.1 Å². The Morgan fingerprint density at radius 1 is 0.733 bits per heavy atom. The fourth-order valence-electron chi connectivity index (χ4n) is 2.72. The maximum Gasteiger partial charge on any atom is 0.328 e. The average molecular weight is 421 g/mol. The van der Waals surface area contributed by atoms with Crippen molar-refractivity contribution < 1.29 is 28.7 Å². The maximum atomic E-state index is 12.7. The van der Waals surface area contributed by atoms with Crippen molar-refractivity contribution in [1.29, 1.82) is 0 Å². The molecular weight excluding hydrogens is 388 g/mol.